The summed E-state index contributed by atoms with van der Waals surface area (Å²) in [6, 6.07) is 10.3. The van der Waals surface area contributed by atoms with E-state index in [1.165, 1.54) is 18.1 Å². The second-order valence-electron chi connectivity index (χ2n) is 7.89. The molecule has 1 saturated heterocycles. The standard InChI is InChI=1S/C23H23F3N2O4/c1-3-5-19-21(29)28(18-9-8-15(23(24,25)26)10-20(18)32-19)17-7-4-6-16(11-17)27-12-14(13-27)22(30)31-2/h4,6-11,14,19H,3,5,12-13H2,1-2H3. The number of halogens is 3. The van der Waals surface area contributed by atoms with Crippen molar-refractivity contribution in [3.63, 3.8) is 0 Å². The fourth-order valence-electron chi connectivity index (χ4n) is 3.98. The molecule has 1 fully saturated rings. The number of ether oxygens (including phenoxy) is 2. The van der Waals surface area contributed by atoms with Crippen molar-refractivity contribution in [3.8, 4) is 5.75 Å². The van der Waals surface area contributed by atoms with Gasteiger partial charge in [-0.2, -0.15) is 13.2 Å². The van der Waals surface area contributed by atoms with Crippen molar-refractivity contribution in [1.29, 1.82) is 0 Å². The van der Waals surface area contributed by atoms with Gasteiger partial charge >= 0.3 is 12.1 Å². The maximum atomic E-state index is 13.2. The number of benzene rings is 2. The van der Waals surface area contributed by atoms with Gasteiger partial charge in [-0.3, -0.25) is 14.5 Å². The number of methoxy groups -OCH3 is 1. The van der Waals surface area contributed by atoms with Gasteiger partial charge in [0.15, 0.2) is 6.10 Å². The molecule has 2 heterocycles. The van der Waals surface area contributed by atoms with Crippen molar-refractivity contribution >= 4 is 28.9 Å². The molecular weight excluding hydrogens is 425 g/mol. The predicted molar refractivity (Wildman–Crippen MR) is 112 cm³/mol. The average Bonchev–Trinajstić information content (AvgIpc) is 2.72. The molecule has 2 aliphatic heterocycles. The van der Waals surface area contributed by atoms with E-state index in [2.05, 4.69) is 0 Å². The smallest absolute Gasteiger partial charge is 0.416 e. The molecule has 1 amide bonds. The lowest BCUT2D eigenvalue weighted by Gasteiger charge is -2.40. The van der Waals surface area contributed by atoms with Crippen LogP contribution in [0.4, 0.5) is 30.2 Å². The summed E-state index contributed by atoms with van der Waals surface area (Å²) in [5.74, 6) is -0.771. The van der Waals surface area contributed by atoms with Crippen LogP contribution in [-0.2, 0) is 20.5 Å². The number of rotatable bonds is 5. The zero-order chi connectivity index (χ0) is 23.0. The summed E-state index contributed by atoms with van der Waals surface area (Å²) in [6.07, 6.45) is -4.36. The Morgan fingerprint density at radius 1 is 1.16 bits per heavy atom. The number of alkyl halides is 3. The Morgan fingerprint density at radius 3 is 2.53 bits per heavy atom. The molecule has 0 saturated carbocycles. The van der Waals surface area contributed by atoms with Crippen molar-refractivity contribution in [2.45, 2.75) is 32.0 Å². The van der Waals surface area contributed by atoms with Crippen LogP contribution >= 0.6 is 0 Å². The zero-order valence-corrected chi connectivity index (χ0v) is 17.7. The zero-order valence-electron chi connectivity index (χ0n) is 17.7. The molecule has 170 valence electrons. The van der Waals surface area contributed by atoms with Crippen molar-refractivity contribution in [1.82, 2.24) is 0 Å². The van der Waals surface area contributed by atoms with Crippen LogP contribution in [0.2, 0.25) is 0 Å². The Kier molecular flexibility index (Phi) is 5.75. The summed E-state index contributed by atoms with van der Waals surface area (Å²) in [4.78, 5) is 28.3. The summed E-state index contributed by atoms with van der Waals surface area (Å²) in [5.41, 5.74) is 0.773. The van der Waals surface area contributed by atoms with Gasteiger partial charge in [0, 0.05) is 18.8 Å². The van der Waals surface area contributed by atoms with E-state index < -0.39 is 17.8 Å². The fraction of sp³-hybridized carbons (Fsp3) is 0.391. The Labute approximate surface area is 183 Å². The third-order valence-electron chi connectivity index (χ3n) is 5.71. The third kappa shape index (κ3) is 3.99. The molecule has 9 heteroatoms. The number of nitrogens with zero attached hydrogens (tertiary/aromatic N) is 2. The van der Waals surface area contributed by atoms with E-state index in [1.807, 2.05) is 17.9 Å². The number of esters is 1. The van der Waals surface area contributed by atoms with Gasteiger partial charge in [-0.1, -0.05) is 19.4 Å². The SMILES string of the molecule is CCCC1Oc2cc(C(F)(F)F)ccc2N(c2cccc(N3CC(C(=O)OC)C3)c2)C1=O. The van der Waals surface area contributed by atoms with Gasteiger partial charge < -0.3 is 14.4 Å². The van der Waals surface area contributed by atoms with Crippen LogP contribution in [0.1, 0.15) is 25.3 Å². The van der Waals surface area contributed by atoms with Gasteiger partial charge in [0.05, 0.1) is 30.0 Å². The minimum atomic E-state index is -4.52. The Hall–Kier alpha value is -3.23. The first-order valence-electron chi connectivity index (χ1n) is 10.4. The monoisotopic (exact) mass is 448 g/mol. The largest absolute Gasteiger partial charge is 0.478 e. The lowest BCUT2D eigenvalue weighted by molar-refractivity contribution is -0.146. The topological polar surface area (TPSA) is 59.1 Å². The number of anilines is 3. The lowest BCUT2D eigenvalue weighted by atomic mass is 9.99. The number of carbonyl (C=O) groups is 2. The molecule has 1 unspecified atom stereocenters. The summed E-state index contributed by atoms with van der Waals surface area (Å²) in [7, 11) is 1.35. The molecule has 2 aromatic rings. The van der Waals surface area contributed by atoms with E-state index in [1.54, 1.807) is 18.2 Å². The van der Waals surface area contributed by atoms with Gasteiger partial charge in [0.1, 0.15) is 5.75 Å². The minimum absolute atomic E-state index is 0.0259. The number of hydrogen-bond acceptors (Lipinski definition) is 5. The average molecular weight is 448 g/mol. The van der Waals surface area contributed by atoms with Crippen LogP contribution in [0.15, 0.2) is 42.5 Å². The second kappa shape index (κ2) is 8.37. The van der Waals surface area contributed by atoms with E-state index in [0.29, 0.717) is 31.6 Å². The molecule has 4 rings (SSSR count). The third-order valence-corrected chi connectivity index (χ3v) is 5.71. The molecule has 0 N–H and O–H groups in total. The molecule has 2 aromatic carbocycles. The van der Waals surface area contributed by atoms with Gasteiger partial charge in [0.25, 0.3) is 5.91 Å². The van der Waals surface area contributed by atoms with Gasteiger partial charge in [0.2, 0.25) is 0 Å². The van der Waals surface area contributed by atoms with E-state index in [0.717, 1.165) is 17.8 Å². The van der Waals surface area contributed by atoms with Crippen LogP contribution in [0.25, 0.3) is 0 Å². The molecule has 0 radical (unpaired) electrons. The van der Waals surface area contributed by atoms with Crippen molar-refractivity contribution in [2.24, 2.45) is 5.92 Å². The maximum absolute atomic E-state index is 13.2. The number of hydrogen-bond donors (Lipinski definition) is 0. The summed E-state index contributed by atoms with van der Waals surface area (Å²) in [5, 5.41) is 0. The molecule has 1 atom stereocenters. The quantitative estimate of drug-likeness (QED) is 0.629. The minimum Gasteiger partial charge on any atom is -0.478 e. The van der Waals surface area contributed by atoms with Gasteiger partial charge in [-0.15, -0.1) is 0 Å². The summed E-state index contributed by atoms with van der Waals surface area (Å²) in [6.45, 7) is 2.87. The first-order valence-corrected chi connectivity index (χ1v) is 10.4. The number of carbonyl (C=O) groups excluding carboxylic acids is 2. The molecular formula is C23H23F3N2O4. The van der Waals surface area contributed by atoms with E-state index in [4.69, 9.17) is 9.47 Å². The van der Waals surface area contributed by atoms with E-state index in [9.17, 15) is 22.8 Å². The number of amides is 1. The Balaban J connectivity index is 1.68. The molecule has 32 heavy (non-hydrogen) atoms. The second-order valence-corrected chi connectivity index (χ2v) is 7.89. The van der Waals surface area contributed by atoms with Crippen molar-refractivity contribution < 1.29 is 32.2 Å². The number of fused-ring (bicyclic) bond motifs is 1. The summed E-state index contributed by atoms with van der Waals surface area (Å²) >= 11 is 0. The normalized spacial score (nSPS) is 18.7. The van der Waals surface area contributed by atoms with Crippen LogP contribution < -0.4 is 14.5 Å². The molecule has 0 bridgehead atoms. The van der Waals surface area contributed by atoms with E-state index >= 15 is 0 Å². The highest BCUT2D eigenvalue weighted by atomic mass is 19.4. The molecule has 6 nitrogen and oxygen atoms in total. The maximum Gasteiger partial charge on any atom is 0.416 e. The van der Waals surface area contributed by atoms with Crippen LogP contribution in [0.5, 0.6) is 5.75 Å². The first kappa shape index (κ1) is 22.0. The highest BCUT2D eigenvalue weighted by molar-refractivity contribution is 6.06. The highest BCUT2D eigenvalue weighted by Crippen LogP contribution is 2.43. The molecule has 2 aliphatic rings. The molecule has 0 aliphatic carbocycles. The summed E-state index contributed by atoms with van der Waals surface area (Å²) < 4.78 is 50.1. The van der Waals surface area contributed by atoms with Crippen molar-refractivity contribution in [2.75, 3.05) is 30.0 Å². The van der Waals surface area contributed by atoms with Crippen LogP contribution in [0, 0.1) is 5.92 Å². The van der Waals surface area contributed by atoms with Gasteiger partial charge in [-0.25, -0.2) is 0 Å². The van der Waals surface area contributed by atoms with Gasteiger partial charge in [-0.05, 0) is 42.8 Å². The predicted octanol–water partition coefficient (Wildman–Crippen LogP) is 4.54. The molecule has 0 spiro atoms. The van der Waals surface area contributed by atoms with Crippen LogP contribution in [0.3, 0.4) is 0 Å². The molecule has 0 aromatic heterocycles. The van der Waals surface area contributed by atoms with Crippen molar-refractivity contribution in [3.05, 3.63) is 48.0 Å². The Morgan fingerprint density at radius 2 is 1.88 bits per heavy atom. The van der Waals surface area contributed by atoms with Crippen LogP contribution in [-0.4, -0.2) is 38.2 Å². The lowest BCUT2D eigenvalue weighted by Crippen LogP contribution is -2.51. The highest BCUT2D eigenvalue weighted by Gasteiger charge is 2.39. The first-order chi connectivity index (χ1) is 15.2. The fourth-order valence-corrected chi connectivity index (χ4v) is 3.98. The van der Waals surface area contributed by atoms with E-state index in [-0.39, 0.29) is 29.2 Å². The Bertz CT molecular complexity index is 1030.